The SMILES string of the molecule is CC(=O)NC(CSC(c1ccnc(OC(C)(C)C)n1)C1CCCC(C(SCC(NC(C)=O)C(=O)O)c2nccc(OC(C)(C)C)n2)C1=O)C(=O)O. The standard InChI is InChI=1S/C34H48N6O9S2/c1-18(41)37-23(30(44)45)16-50-27(22-12-14-36-32(39-22)49-34(6,7)8)20-10-9-11-21(26(20)43)28(51-17-24(31(46)47)38-19(2)42)29-35-15-13-25(40-29)48-33(3,4)5/h12-15,20-21,23-24,27-28H,9-11,16-17H2,1-8H3,(H,37,41)(H,38,42)(H,44,45)(H,46,47). The number of amides is 2. The van der Waals surface area contributed by atoms with Crippen molar-refractivity contribution in [1.29, 1.82) is 0 Å². The van der Waals surface area contributed by atoms with Crippen LogP contribution in [0.25, 0.3) is 0 Å². The lowest BCUT2D eigenvalue weighted by Crippen LogP contribution is -2.42. The van der Waals surface area contributed by atoms with Gasteiger partial charge in [0.15, 0.2) is 0 Å². The summed E-state index contributed by atoms with van der Waals surface area (Å²) in [5.41, 5.74) is -0.742. The van der Waals surface area contributed by atoms with E-state index in [1.165, 1.54) is 38.0 Å². The normalized spacial score (nSPS) is 18.9. The van der Waals surface area contributed by atoms with Gasteiger partial charge in [-0.2, -0.15) is 9.97 Å². The highest BCUT2D eigenvalue weighted by Gasteiger charge is 2.43. The molecule has 2 amide bonds. The molecule has 0 saturated heterocycles. The predicted octanol–water partition coefficient (Wildman–Crippen LogP) is 4.03. The van der Waals surface area contributed by atoms with E-state index in [0.717, 1.165) is 11.8 Å². The summed E-state index contributed by atoms with van der Waals surface area (Å²) < 4.78 is 11.9. The molecular formula is C34H48N6O9S2. The van der Waals surface area contributed by atoms with Crippen LogP contribution >= 0.6 is 23.5 Å². The molecule has 1 saturated carbocycles. The number of carbonyl (C=O) groups excluding carboxylic acids is 3. The number of carboxylic acid groups (broad SMARTS) is 2. The summed E-state index contributed by atoms with van der Waals surface area (Å²) in [5, 5.41) is 23.2. The van der Waals surface area contributed by atoms with Crippen LogP contribution in [0, 0.1) is 11.8 Å². The molecule has 0 aromatic carbocycles. The lowest BCUT2D eigenvalue weighted by Gasteiger charge is -2.36. The first-order chi connectivity index (χ1) is 23.7. The third-order valence-corrected chi connectivity index (χ3v) is 10.3. The molecule has 2 heterocycles. The number of hydrogen-bond donors (Lipinski definition) is 4. The fraction of sp³-hybridized carbons (Fsp3) is 0.618. The highest BCUT2D eigenvalue weighted by Crippen LogP contribution is 2.48. The van der Waals surface area contributed by atoms with Gasteiger partial charge in [0, 0.05) is 55.6 Å². The molecule has 2 aromatic rings. The van der Waals surface area contributed by atoms with Gasteiger partial charge in [-0.25, -0.2) is 19.6 Å². The van der Waals surface area contributed by atoms with E-state index < -0.39 is 69.4 Å². The van der Waals surface area contributed by atoms with Gasteiger partial charge in [0.1, 0.15) is 34.9 Å². The van der Waals surface area contributed by atoms with E-state index in [1.54, 1.807) is 12.1 Å². The van der Waals surface area contributed by atoms with Crippen LogP contribution in [0.2, 0.25) is 0 Å². The van der Waals surface area contributed by atoms with Gasteiger partial charge in [0.25, 0.3) is 0 Å². The molecule has 280 valence electrons. The van der Waals surface area contributed by atoms with Crippen LogP contribution in [0.15, 0.2) is 24.5 Å². The Hall–Kier alpha value is -3.99. The molecule has 6 atom stereocenters. The van der Waals surface area contributed by atoms with Crippen LogP contribution in [-0.4, -0.2) is 94.5 Å². The van der Waals surface area contributed by atoms with E-state index in [1.807, 2.05) is 41.5 Å². The summed E-state index contributed by atoms with van der Waals surface area (Å²) >= 11 is 2.35. The zero-order valence-corrected chi connectivity index (χ0v) is 31.8. The molecule has 1 aliphatic carbocycles. The topological polar surface area (TPSA) is 220 Å². The van der Waals surface area contributed by atoms with Crippen molar-refractivity contribution < 1.29 is 43.7 Å². The smallest absolute Gasteiger partial charge is 0.327 e. The molecule has 0 aliphatic heterocycles. The van der Waals surface area contributed by atoms with Crippen molar-refractivity contribution in [3.8, 4) is 11.9 Å². The number of nitrogens with zero attached hydrogens (tertiary/aromatic N) is 4. The molecule has 1 fully saturated rings. The number of nitrogens with one attached hydrogen (secondary N) is 2. The lowest BCUT2D eigenvalue weighted by molar-refractivity contribution is -0.141. The lowest BCUT2D eigenvalue weighted by atomic mass is 9.76. The first-order valence-corrected chi connectivity index (χ1v) is 18.6. The summed E-state index contributed by atoms with van der Waals surface area (Å²) in [6, 6.07) is 0.904. The second kappa shape index (κ2) is 18.0. The molecule has 15 nitrogen and oxygen atoms in total. The Morgan fingerprint density at radius 1 is 0.804 bits per heavy atom. The van der Waals surface area contributed by atoms with E-state index in [0.29, 0.717) is 25.0 Å². The van der Waals surface area contributed by atoms with Crippen LogP contribution in [0.5, 0.6) is 11.9 Å². The van der Waals surface area contributed by atoms with Crippen LogP contribution < -0.4 is 20.1 Å². The molecule has 2 aromatic heterocycles. The van der Waals surface area contributed by atoms with Gasteiger partial charge in [0.2, 0.25) is 17.7 Å². The van der Waals surface area contributed by atoms with E-state index in [2.05, 4.69) is 30.6 Å². The summed E-state index contributed by atoms with van der Waals surface area (Å²) in [6.45, 7) is 13.6. The average Bonchev–Trinajstić information content (AvgIpc) is 2.99. The molecule has 1 aliphatic rings. The summed E-state index contributed by atoms with van der Waals surface area (Å²) in [5.74, 6) is -4.55. The Morgan fingerprint density at radius 3 is 1.82 bits per heavy atom. The second-order valence-electron chi connectivity index (χ2n) is 14.2. The molecule has 3 rings (SSSR count). The zero-order valence-electron chi connectivity index (χ0n) is 30.2. The molecule has 0 bridgehead atoms. The van der Waals surface area contributed by atoms with Crippen LogP contribution in [0.3, 0.4) is 0 Å². The number of aromatic nitrogens is 4. The van der Waals surface area contributed by atoms with E-state index in [9.17, 15) is 34.2 Å². The number of ketones is 1. The monoisotopic (exact) mass is 748 g/mol. The van der Waals surface area contributed by atoms with Crippen LogP contribution in [0.1, 0.15) is 96.7 Å². The van der Waals surface area contributed by atoms with Crippen molar-refractivity contribution in [3.63, 3.8) is 0 Å². The maximum absolute atomic E-state index is 14.7. The van der Waals surface area contributed by atoms with E-state index in [4.69, 9.17) is 9.47 Å². The van der Waals surface area contributed by atoms with Crippen molar-refractivity contribution in [2.45, 2.75) is 108 Å². The number of hydrogen-bond acceptors (Lipinski definition) is 13. The quantitative estimate of drug-likeness (QED) is 0.190. The number of Topliss-reactive ketones (excluding diaryl/α,β-unsaturated/α-hetero) is 1. The Balaban J connectivity index is 2.07. The molecule has 17 heteroatoms. The second-order valence-corrected chi connectivity index (χ2v) is 16.5. The minimum absolute atomic E-state index is 0.0576. The maximum Gasteiger partial charge on any atom is 0.327 e. The number of carbonyl (C=O) groups is 5. The maximum atomic E-state index is 14.7. The Labute approximate surface area is 306 Å². The van der Waals surface area contributed by atoms with Crippen molar-refractivity contribution in [2.75, 3.05) is 11.5 Å². The predicted molar refractivity (Wildman–Crippen MR) is 192 cm³/mol. The first-order valence-electron chi connectivity index (χ1n) is 16.5. The minimum atomic E-state index is -1.23. The summed E-state index contributed by atoms with van der Waals surface area (Å²) in [4.78, 5) is 80.5. The number of thioether (sulfide) groups is 2. The van der Waals surface area contributed by atoms with Crippen molar-refractivity contribution in [3.05, 3.63) is 36.0 Å². The third-order valence-electron chi connectivity index (χ3n) is 7.39. The van der Waals surface area contributed by atoms with Crippen LogP contribution in [0.4, 0.5) is 0 Å². The molecule has 51 heavy (non-hydrogen) atoms. The molecular weight excluding hydrogens is 701 g/mol. The molecule has 0 spiro atoms. The number of rotatable bonds is 16. The highest BCUT2D eigenvalue weighted by atomic mass is 32.2. The fourth-order valence-corrected chi connectivity index (χ4v) is 8.26. The van der Waals surface area contributed by atoms with Crippen LogP contribution in [-0.2, 0) is 24.0 Å². The number of aliphatic carboxylic acids is 2. The van der Waals surface area contributed by atoms with Gasteiger partial charge in [-0.3, -0.25) is 14.4 Å². The van der Waals surface area contributed by atoms with Gasteiger partial charge >= 0.3 is 17.9 Å². The van der Waals surface area contributed by atoms with Crippen molar-refractivity contribution >= 4 is 53.1 Å². The Bertz CT molecular complexity index is 1450. The molecule has 4 N–H and O–H groups in total. The third kappa shape index (κ3) is 13.3. The summed E-state index contributed by atoms with van der Waals surface area (Å²) in [7, 11) is 0. The minimum Gasteiger partial charge on any atom is -0.480 e. The van der Waals surface area contributed by atoms with Gasteiger partial charge < -0.3 is 30.3 Å². The number of ether oxygens (including phenoxy) is 2. The summed E-state index contributed by atoms with van der Waals surface area (Å²) in [6.07, 6.45) is 4.55. The average molecular weight is 749 g/mol. The zero-order chi connectivity index (χ0) is 38.1. The molecule has 0 radical (unpaired) electrons. The van der Waals surface area contributed by atoms with E-state index >= 15 is 0 Å². The largest absolute Gasteiger partial charge is 0.480 e. The molecule has 6 unspecified atom stereocenters. The Morgan fingerprint density at radius 2 is 1.31 bits per heavy atom. The van der Waals surface area contributed by atoms with Gasteiger partial charge in [0.05, 0.1) is 16.2 Å². The van der Waals surface area contributed by atoms with Gasteiger partial charge in [-0.1, -0.05) is 6.42 Å². The van der Waals surface area contributed by atoms with Gasteiger partial charge in [-0.05, 0) is 60.5 Å². The fourth-order valence-electron chi connectivity index (χ4n) is 5.44. The number of carboxylic acids is 2. The van der Waals surface area contributed by atoms with Gasteiger partial charge in [-0.15, -0.1) is 23.5 Å². The Kier molecular flexibility index (Phi) is 14.6. The van der Waals surface area contributed by atoms with Crippen molar-refractivity contribution in [1.82, 2.24) is 30.6 Å². The van der Waals surface area contributed by atoms with E-state index in [-0.39, 0.29) is 35.0 Å². The van der Waals surface area contributed by atoms with Crippen molar-refractivity contribution in [2.24, 2.45) is 11.8 Å². The first kappa shape index (κ1) is 41.4. The highest BCUT2D eigenvalue weighted by molar-refractivity contribution is 7.99.